The molecule has 1 unspecified atom stereocenters. The van der Waals surface area contributed by atoms with Gasteiger partial charge in [0.1, 0.15) is 18.0 Å². The number of Topliss-reactive ketones (excluding diaryl/α,β-unsaturated/α-hetero) is 1. The van der Waals surface area contributed by atoms with Crippen molar-refractivity contribution in [2.45, 2.75) is 38.3 Å². The summed E-state index contributed by atoms with van der Waals surface area (Å²) in [6, 6.07) is 10.4. The zero-order valence-corrected chi connectivity index (χ0v) is 22.7. The number of ether oxygens (including phenoxy) is 2. The van der Waals surface area contributed by atoms with Crippen LogP contribution in [-0.4, -0.2) is 61.6 Å². The molecule has 6 rings (SSSR count). The van der Waals surface area contributed by atoms with Crippen molar-refractivity contribution < 1.29 is 28.3 Å². The van der Waals surface area contributed by atoms with Gasteiger partial charge in [0.25, 0.3) is 0 Å². The summed E-state index contributed by atoms with van der Waals surface area (Å²) in [5.41, 5.74) is 2.22. The van der Waals surface area contributed by atoms with Gasteiger partial charge in [-0.15, -0.1) is 11.3 Å². The van der Waals surface area contributed by atoms with E-state index in [1.807, 2.05) is 42.5 Å². The van der Waals surface area contributed by atoms with Crippen molar-refractivity contribution >= 4 is 29.1 Å². The fourth-order valence-electron chi connectivity index (χ4n) is 6.02. The van der Waals surface area contributed by atoms with Gasteiger partial charge in [-0.3, -0.25) is 4.79 Å². The zero-order valence-electron chi connectivity index (χ0n) is 21.9. The molecule has 3 aliphatic heterocycles. The molecule has 0 saturated carbocycles. The second-order valence-corrected chi connectivity index (χ2v) is 11.7. The number of benzene rings is 1. The van der Waals surface area contributed by atoms with Gasteiger partial charge in [-0.05, 0) is 29.9 Å². The van der Waals surface area contributed by atoms with Crippen LogP contribution >= 0.6 is 11.3 Å². The van der Waals surface area contributed by atoms with Crippen LogP contribution in [0.25, 0.3) is 0 Å². The van der Waals surface area contributed by atoms with Gasteiger partial charge in [-0.2, -0.15) is 0 Å². The molecule has 0 radical (unpaired) electrons. The number of hydrogen-bond acceptors (Lipinski definition) is 7. The largest absolute Gasteiger partial charge is 0.465 e. The van der Waals surface area contributed by atoms with Crippen LogP contribution in [0.15, 0.2) is 65.7 Å². The van der Waals surface area contributed by atoms with Crippen molar-refractivity contribution in [1.82, 2.24) is 5.32 Å². The van der Waals surface area contributed by atoms with Crippen LogP contribution in [0.4, 0.5) is 0 Å². The molecule has 4 aliphatic rings. The summed E-state index contributed by atoms with van der Waals surface area (Å²) in [4.78, 5) is 39.7. The van der Waals surface area contributed by atoms with E-state index in [-0.39, 0.29) is 17.8 Å². The van der Waals surface area contributed by atoms with Crippen LogP contribution in [0.2, 0.25) is 0 Å². The number of methoxy groups -OCH3 is 1. The van der Waals surface area contributed by atoms with Crippen LogP contribution < -0.4 is 5.32 Å². The molecule has 7 nitrogen and oxygen atoms in total. The van der Waals surface area contributed by atoms with Crippen molar-refractivity contribution in [2.75, 3.05) is 33.3 Å². The standard InChI is InChI=1S/C30H35N2O5S/c1-20-7-6-10-23(17-20)31-27(24-13-16-38-28(24)30(35)36-2)29(34)37-26-19-32(14-11-22(26)12-15-32)18-25(33)21-8-4-3-5-9-21/h3-10,13,16,20,22,26-27,31H,11-12,14-15,17-19H2,1-2H3/q+1/t20?,22?,26-,27+,32?/m0/s1. The summed E-state index contributed by atoms with van der Waals surface area (Å²) in [5, 5.41) is 5.18. The van der Waals surface area contributed by atoms with Gasteiger partial charge in [-0.25, -0.2) is 9.59 Å². The van der Waals surface area contributed by atoms with Crippen LogP contribution in [0.1, 0.15) is 57.8 Å². The Morgan fingerprint density at radius 1 is 1.13 bits per heavy atom. The predicted octanol–water partition coefficient (Wildman–Crippen LogP) is 4.68. The van der Waals surface area contributed by atoms with Gasteiger partial charge in [0.15, 0.2) is 12.1 Å². The highest BCUT2D eigenvalue weighted by Crippen LogP contribution is 2.37. The van der Waals surface area contributed by atoms with Crippen molar-refractivity contribution in [3.05, 3.63) is 81.7 Å². The number of esters is 2. The number of nitrogens with one attached hydrogen (secondary N) is 1. The molecule has 8 heteroatoms. The summed E-state index contributed by atoms with van der Waals surface area (Å²) in [7, 11) is 1.34. The molecule has 3 atom stereocenters. The van der Waals surface area contributed by atoms with E-state index in [4.69, 9.17) is 9.47 Å². The lowest BCUT2D eigenvalue weighted by Gasteiger charge is -2.51. The number of quaternary nitrogens is 1. The molecule has 0 spiro atoms. The maximum Gasteiger partial charge on any atom is 0.348 e. The second kappa shape index (κ2) is 11.3. The van der Waals surface area contributed by atoms with E-state index in [0.29, 0.717) is 33.9 Å². The topological polar surface area (TPSA) is 81.7 Å². The van der Waals surface area contributed by atoms with Crippen LogP contribution in [0.3, 0.4) is 0 Å². The van der Waals surface area contributed by atoms with Crippen molar-refractivity contribution in [2.24, 2.45) is 11.8 Å². The number of fused-ring (bicyclic) bond motifs is 3. The number of nitrogens with zero attached hydrogens (tertiary/aromatic N) is 1. The number of hydrogen-bond donors (Lipinski definition) is 1. The highest BCUT2D eigenvalue weighted by Gasteiger charge is 2.49. The molecule has 1 aliphatic carbocycles. The highest BCUT2D eigenvalue weighted by atomic mass is 32.1. The number of allylic oxidation sites excluding steroid dienone is 4. The van der Waals surface area contributed by atoms with E-state index in [0.717, 1.165) is 43.6 Å². The lowest BCUT2D eigenvalue weighted by Crippen LogP contribution is -2.65. The zero-order chi connectivity index (χ0) is 26.7. The lowest BCUT2D eigenvalue weighted by atomic mass is 9.82. The maximum absolute atomic E-state index is 13.8. The molecule has 38 heavy (non-hydrogen) atoms. The third-order valence-electron chi connectivity index (χ3n) is 8.11. The quantitative estimate of drug-likeness (QED) is 0.285. The molecule has 3 fully saturated rings. The molecule has 1 N–H and O–H groups in total. The number of rotatable bonds is 9. The Bertz CT molecular complexity index is 1240. The van der Waals surface area contributed by atoms with Gasteiger partial charge >= 0.3 is 11.9 Å². The minimum absolute atomic E-state index is 0.128. The summed E-state index contributed by atoms with van der Waals surface area (Å²) < 4.78 is 11.9. The number of thiophene rings is 1. The Labute approximate surface area is 227 Å². The third-order valence-corrected chi connectivity index (χ3v) is 9.02. The Morgan fingerprint density at radius 2 is 1.89 bits per heavy atom. The van der Waals surface area contributed by atoms with Crippen LogP contribution in [0, 0.1) is 11.8 Å². The Kier molecular flexibility index (Phi) is 7.81. The summed E-state index contributed by atoms with van der Waals surface area (Å²) in [6.07, 6.45) is 8.43. The second-order valence-electron chi connectivity index (χ2n) is 10.8. The van der Waals surface area contributed by atoms with Gasteiger partial charge in [0.2, 0.25) is 5.78 Å². The van der Waals surface area contributed by atoms with Crippen molar-refractivity contribution in [3.63, 3.8) is 0 Å². The summed E-state index contributed by atoms with van der Waals surface area (Å²) >= 11 is 1.26. The number of carbonyl (C=O) groups is 3. The summed E-state index contributed by atoms with van der Waals surface area (Å²) in [6.45, 7) is 5.02. The van der Waals surface area contributed by atoms with Gasteiger partial charge < -0.3 is 19.3 Å². The molecular weight excluding hydrogens is 500 g/mol. The van der Waals surface area contributed by atoms with E-state index >= 15 is 0 Å². The summed E-state index contributed by atoms with van der Waals surface area (Å²) in [5.74, 6) is -0.112. The SMILES string of the molecule is COC(=O)c1sccc1[C@@H](NC1=CC=CC(C)C1)C(=O)O[C@H]1C[N+]2(CC(=O)c3ccccc3)CCC1CC2. The Morgan fingerprint density at radius 3 is 2.61 bits per heavy atom. The fraction of sp³-hybridized carbons (Fsp3) is 0.433. The molecule has 4 heterocycles. The van der Waals surface area contributed by atoms with Gasteiger partial charge in [0.05, 0.1) is 20.2 Å². The average Bonchev–Trinajstić information content (AvgIpc) is 3.42. The van der Waals surface area contributed by atoms with Crippen molar-refractivity contribution in [3.8, 4) is 0 Å². The first-order valence-electron chi connectivity index (χ1n) is 13.3. The Hall–Kier alpha value is -3.23. The first-order chi connectivity index (χ1) is 18.4. The van der Waals surface area contributed by atoms with Crippen LogP contribution in [0.5, 0.6) is 0 Å². The van der Waals surface area contributed by atoms with E-state index < -0.39 is 18.0 Å². The molecule has 0 amide bonds. The monoisotopic (exact) mass is 535 g/mol. The molecule has 1 aromatic carbocycles. The first kappa shape index (κ1) is 26.4. The van der Waals surface area contributed by atoms with E-state index in [9.17, 15) is 14.4 Å². The number of piperidine rings is 3. The number of ketones is 1. The maximum atomic E-state index is 13.8. The average molecular weight is 536 g/mol. The Balaban J connectivity index is 1.35. The molecule has 1 aromatic heterocycles. The molecule has 2 bridgehead atoms. The molecule has 3 saturated heterocycles. The highest BCUT2D eigenvalue weighted by molar-refractivity contribution is 7.12. The van der Waals surface area contributed by atoms with E-state index in [1.54, 1.807) is 11.4 Å². The van der Waals surface area contributed by atoms with Gasteiger partial charge in [-0.1, -0.05) is 49.4 Å². The normalized spacial score (nSPS) is 26.8. The van der Waals surface area contributed by atoms with Gasteiger partial charge in [0, 0.05) is 35.6 Å². The van der Waals surface area contributed by atoms with E-state index in [1.165, 1.54) is 18.4 Å². The van der Waals surface area contributed by atoms with E-state index in [2.05, 4.69) is 18.3 Å². The van der Waals surface area contributed by atoms with Crippen molar-refractivity contribution in [1.29, 1.82) is 0 Å². The predicted molar refractivity (Wildman–Crippen MR) is 146 cm³/mol. The smallest absolute Gasteiger partial charge is 0.348 e. The lowest BCUT2D eigenvalue weighted by molar-refractivity contribution is -0.938. The minimum atomic E-state index is -0.824. The first-order valence-corrected chi connectivity index (χ1v) is 14.2. The third kappa shape index (κ3) is 5.61. The van der Waals surface area contributed by atoms with Crippen LogP contribution in [-0.2, 0) is 14.3 Å². The molecule has 2 aromatic rings. The fourth-order valence-corrected chi connectivity index (χ4v) is 6.87. The number of carbonyl (C=O) groups excluding carboxylic acids is 3. The minimum Gasteiger partial charge on any atom is -0.465 e. The molecule has 200 valence electrons. The molecular formula is C30H35N2O5S+.